The number of imidazole rings is 1. The van der Waals surface area contributed by atoms with Gasteiger partial charge in [-0.05, 0) is 49.1 Å². The van der Waals surface area contributed by atoms with E-state index in [9.17, 15) is 0 Å². The van der Waals surface area contributed by atoms with Crippen LogP contribution in [0.5, 0.6) is 0 Å². The quantitative estimate of drug-likeness (QED) is 0.328. The molecule has 0 radical (unpaired) electrons. The van der Waals surface area contributed by atoms with Gasteiger partial charge in [0.1, 0.15) is 12.1 Å². The Morgan fingerprint density at radius 2 is 2.13 bits per heavy atom. The minimum atomic E-state index is 0.568. The minimum absolute atomic E-state index is 0.568. The maximum Gasteiger partial charge on any atom is 0.191 e. The van der Waals surface area contributed by atoms with Gasteiger partial charge in [-0.15, -0.1) is 0 Å². The Labute approximate surface area is 176 Å². The number of aryl methyl sites for hydroxylation is 1. The Hall–Kier alpha value is -3.61. The second kappa shape index (κ2) is 9.26. The fraction of sp³-hybridized carbons (Fsp3) is 0.261. The maximum atomic E-state index is 4.70. The van der Waals surface area contributed by atoms with Gasteiger partial charge < -0.3 is 15.6 Å². The van der Waals surface area contributed by atoms with E-state index in [2.05, 4.69) is 63.8 Å². The van der Waals surface area contributed by atoms with Gasteiger partial charge in [0.25, 0.3) is 0 Å². The van der Waals surface area contributed by atoms with Crippen molar-refractivity contribution in [1.29, 1.82) is 0 Å². The Bertz CT molecular complexity index is 1110. The normalized spacial score (nSPS) is 11.7. The molecule has 0 aliphatic heterocycles. The molecule has 0 saturated carbocycles. The number of guanidine groups is 1. The van der Waals surface area contributed by atoms with Crippen LogP contribution in [-0.4, -0.2) is 38.6 Å². The number of aromatic amines is 1. The van der Waals surface area contributed by atoms with Crippen LogP contribution in [0.15, 0.2) is 66.4 Å². The molecular formula is C23H27N7. The van der Waals surface area contributed by atoms with Crippen molar-refractivity contribution in [1.82, 2.24) is 30.2 Å². The van der Waals surface area contributed by atoms with Crippen molar-refractivity contribution in [2.45, 2.75) is 26.8 Å². The number of benzene rings is 1. The zero-order valence-electron chi connectivity index (χ0n) is 17.4. The summed E-state index contributed by atoms with van der Waals surface area (Å²) in [7, 11) is 0. The lowest BCUT2D eigenvalue weighted by atomic mass is 10.1. The fourth-order valence-corrected chi connectivity index (χ4v) is 3.39. The Morgan fingerprint density at radius 1 is 1.20 bits per heavy atom. The molecule has 4 aromatic rings. The summed E-state index contributed by atoms with van der Waals surface area (Å²) < 4.78 is 1.88. The van der Waals surface area contributed by atoms with E-state index in [-0.39, 0.29) is 0 Å². The summed E-state index contributed by atoms with van der Waals surface area (Å²) in [4.78, 5) is 16.6. The van der Waals surface area contributed by atoms with E-state index in [4.69, 9.17) is 4.99 Å². The first-order chi connectivity index (χ1) is 14.7. The van der Waals surface area contributed by atoms with E-state index in [1.54, 1.807) is 12.5 Å². The first-order valence-corrected chi connectivity index (χ1v) is 10.2. The van der Waals surface area contributed by atoms with Crippen LogP contribution in [0.1, 0.15) is 23.6 Å². The van der Waals surface area contributed by atoms with E-state index >= 15 is 0 Å². The monoisotopic (exact) mass is 401 g/mol. The number of hydrogen-bond donors (Lipinski definition) is 3. The van der Waals surface area contributed by atoms with Crippen LogP contribution < -0.4 is 10.6 Å². The molecule has 0 saturated heterocycles. The third-order valence-corrected chi connectivity index (χ3v) is 4.95. The molecular weight excluding hydrogens is 374 g/mol. The van der Waals surface area contributed by atoms with Crippen molar-refractivity contribution in [2.75, 3.05) is 13.1 Å². The lowest BCUT2D eigenvalue weighted by molar-refractivity contribution is 0.801. The van der Waals surface area contributed by atoms with Crippen LogP contribution in [0.2, 0.25) is 0 Å². The lowest BCUT2D eigenvalue weighted by Crippen LogP contribution is -2.38. The topological polar surface area (TPSA) is 82.9 Å². The number of aliphatic imine (C=N–C) groups is 1. The standard InChI is InChI=1S/C23H27N7/c1-3-25-23(26-9-8-19-15-27-21-12-17(2)4-6-20(19)21)29-14-18-5-7-22(28-13-18)30-11-10-24-16-30/h4-7,10-13,15-16,27H,3,8-9,14H2,1-2H3,(H2,25,26,29). The number of H-pyrrole nitrogens is 1. The molecule has 7 heteroatoms. The Kier molecular flexibility index (Phi) is 6.08. The molecule has 1 aromatic carbocycles. The van der Waals surface area contributed by atoms with E-state index in [1.807, 2.05) is 29.1 Å². The number of hydrogen-bond acceptors (Lipinski definition) is 3. The zero-order chi connectivity index (χ0) is 20.8. The lowest BCUT2D eigenvalue weighted by Gasteiger charge is -2.11. The van der Waals surface area contributed by atoms with Gasteiger partial charge in [0, 0.05) is 48.8 Å². The zero-order valence-corrected chi connectivity index (χ0v) is 17.4. The van der Waals surface area contributed by atoms with Crippen LogP contribution in [0.3, 0.4) is 0 Å². The van der Waals surface area contributed by atoms with Gasteiger partial charge in [-0.3, -0.25) is 4.57 Å². The van der Waals surface area contributed by atoms with Crippen molar-refractivity contribution in [3.63, 3.8) is 0 Å². The van der Waals surface area contributed by atoms with Gasteiger partial charge in [0.05, 0.1) is 6.54 Å². The molecule has 7 nitrogen and oxygen atoms in total. The van der Waals surface area contributed by atoms with Gasteiger partial charge in [0.2, 0.25) is 0 Å². The van der Waals surface area contributed by atoms with E-state index < -0.39 is 0 Å². The van der Waals surface area contributed by atoms with Crippen LogP contribution >= 0.6 is 0 Å². The molecule has 0 amide bonds. The molecule has 0 unspecified atom stereocenters. The van der Waals surface area contributed by atoms with Crippen LogP contribution in [0.4, 0.5) is 0 Å². The first-order valence-electron chi connectivity index (χ1n) is 10.2. The summed E-state index contributed by atoms with van der Waals surface area (Å²) in [5, 5.41) is 8.03. The highest BCUT2D eigenvalue weighted by Gasteiger charge is 2.05. The molecule has 154 valence electrons. The molecule has 0 fully saturated rings. The highest BCUT2D eigenvalue weighted by Crippen LogP contribution is 2.19. The number of nitrogens with one attached hydrogen (secondary N) is 3. The summed E-state index contributed by atoms with van der Waals surface area (Å²) >= 11 is 0. The second-order valence-electron chi connectivity index (χ2n) is 7.23. The van der Waals surface area contributed by atoms with Crippen LogP contribution in [-0.2, 0) is 13.0 Å². The third kappa shape index (κ3) is 4.68. The van der Waals surface area contributed by atoms with Crippen LogP contribution in [0, 0.1) is 6.92 Å². The number of rotatable bonds is 7. The van der Waals surface area contributed by atoms with Crippen molar-refractivity contribution < 1.29 is 0 Å². The Morgan fingerprint density at radius 3 is 2.90 bits per heavy atom. The van der Waals surface area contributed by atoms with Gasteiger partial charge in [-0.1, -0.05) is 18.2 Å². The highest BCUT2D eigenvalue weighted by molar-refractivity contribution is 5.84. The fourth-order valence-electron chi connectivity index (χ4n) is 3.39. The van der Waals surface area contributed by atoms with Crippen molar-refractivity contribution in [2.24, 2.45) is 4.99 Å². The molecule has 0 aliphatic rings. The smallest absolute Gasteiger partial charge is 0.191 e. The molecule has 0 aliphatic carbocycles. The molecule has 0 atom stereocenters. The minimum Gasteiger partial charge on any atom is -0.361 e. The number of nitrogens with zero attached hydrogens (tertiary/aromatic N) is 4. The van der Waals surface area contributed by atoms with E-state index in [0.717, 1.165) is 36.9 Å². The van der Waals surface area contributed by atoms with E-state index in [0.29, 0.717) is 6.54 Å². The van der Waals surface area contributed by atoms with Crippen LogP contribution in [0.25, 0.3) is 16.7 Å². The van der Waals surface area contributed by atoms with Crippen molar-refractivity contribution in [3.8, 4) is 5.82 Å². The SMILES string of the molecule is CCNC(=NCc1ccc(-n2ccnc2)nc1)NCCc1c[nH]c2cc(C)ccc12. The number of aromatic nitrogens is 4. The van der Waals surface area contributed by atoms with Gasteiger partial charge >= 0.3 is 0 Å². The maximum absolute atomic E-state index is 4.70. The van der Waals surface area contributed by atoms with Gasteiger partial charge in [-0.25, -0.2) is 15.0 Å². The average molecular weight is 402 g/mol. The second-order valence-corrected chi connectivity index (χ2v) is 7.23. The first kappa shape index (κ1) is 19.7. The molecule has 0 spiro atoms. The summed E-state index contributed by atoms with van der Waals surface area (Å²) in [6.45, 7) is 6.38. The summed E-state index contributed by atoms with van der Waals surface area (Å²) in [6, 6.07) is 10.6. The summed E-state index contributed by atoms with van der Waals surface area (Å²) in [5.74, 6) is 1.66. The molecule has 30 heavy (non-hydrogen) atoms. The summed E-state index contributed by atoms with van der Waals surface area (Å²) in [6.07, 6.45) is 10.2. The number of pyridine rings is 1. The predicted octanol–water partition coefficient (Wildman–Crippen LogP) is 3.35. The molecule has 3 aromatic heterocycles. The molecule has 3 N–H and O–H groups in total. The average Bonchev–Trinajstić information content (AvgIpc) is 3.43. The van der Waals surface area contributed by atoms with Gasteiger partial charge in [0.15, 0.2) is 5.96 Å². The number of fused-ring (bicyclic) bond motifs is 1. The molecule has 3 heterocycles. The van der Waals surface area contributed by atoms with Gasteiger partial charge in [-0.2, -0.15) is 0 Å². The Balaban J connectivity index is 1.35. The van der Waals surface area contributed by atoms with Crippen molar-refractivity contribution in [3.05, 3.63) is 78.1 Å². The largest absolute Gasteiger partial charge is 0.361 e. The third-order valence-electron chi connectivity index (χ3n) is 4.95. The molecule has 0 bridgehead atoms. The van der Waals surface area contributed by atoms with Crippen molar-refractivity contribution >= 4 is 16.9 Å². The molecule has 4 rings (SSSR count). The predicted molar refractivity (Wildman–Crippen MR) is 121 cm³/mol. The highest BCUT2D eigenvalue weighted by atomic mass is 15.2. The van der Waals surface area contributed by atoms with E-state index in [1.165, 1.54) is 22.0 Å². The summed E-state index contributed by atoms with van der Waals surface area (Å²) in [5.41, 5.74) is 4.83.